The normalized spacial score (nSPS) is 24.7. The van der Waals surface area contributed by atoms with Crippen LogP contribution in [0.5, 0.6) is 0 Å². The molecule has 0 spiro atoms. The van der Waals surface area contributed by atoms with E-state index in [1.807, 2.05) is 0 Å². The summed E-state index contributed by atoms with van der Waals surface area (Å²) in [5.41, 5.74) is 5.70. The zero-order chi connectivity index (χ0) is 20.2. The van der Waals surface area contributed by atoms with Crippen LogP contribution in [-0.2, 0) is 25.7 Å². The van der Waals surface area contributed by atoms with Crippen LogP contribution in [0.15, 0.2) is 16.4 Å². The number of nitrogens with zero attached hydrogens (tertiary/aromatic N) is 6. The third-order valence-corrected chi connectivity index (χ3v) is 6.28. The topological polar surface area (TPSA) is 165 Å². The quantitative estimate of drug-likeness (QED) is 0.255. The van der Waals surface area contributed by atoms with Crippen molar-refractivity contribution < 1.29 is 55.3 Å². The Kier molecular flexibility index (Phi) is 6.03. The molecule has 150 valence electrons. The van der Waals surface area contributed by atoms with Gasteiger partial charge >= 0.3 is 35.5 Å². The first kappa shape index (κ1) is 21.7. The van der Waals surface area contributed by atoms with Crippen LogP contribution in [0.4, 0.5) is 0 Å². The fourth-order valence-corrected chi connectivity index (χ4v) is 5.09. The number of carbonyl (C=O) groups is 4. The van der Waals surface area contributed by atoms with Gasteiger partial charge in [-0.2, -0.15) is 0 Å². The molecule has 1 aromatic rings. The molecule has 3 aliphatic heterocycles. The minimum atomic E-state index is -1.18. The molecule has 0 unspecified atom stereocenters. The van der Waals surface area contributed by atoms with Crippen molar-refractivity contribution in [2.75, 3.05) is 12.3 Å². The molecule has 0 saturated carbocycles. The molecule has 12 nitrogen and oxygen atoms in total. The fraction of sp³-hybridized carbons (Fsp3) is 0.533. The molecule has 4 rings (SSSR count). The molecule has 29 heavy (non-hydrogen) atoms. The summed E-state index contributed by atoms with van der Waals surface area (Å²) in [6, 6.07) is -0.842. The molecule has 3 N–H and O–H groups in total. The number of rotatable bonds is 6. The van der Waals surface area contributed by atoms with E-state index in [1.54, 1.807) is 0 Å². The number of thioether (sulfide) groups is 1. The molecule has 1 aromatic heterocycles. The monoisotopic (exact) mass is 431 g/mol. The summed E-state index contributed by atoms with van der Waals surface area (Å²) in [5.74, 6) is -2.11. The smallest absolute Gasteiger partial charge is 1.00 e. The fourth-order valence-electron chi connectivity index (χ4n) is 4.19. The number of amides is 3. The van der Waals surface area contributed by atoms with Crippen molar-refractivity contribution in [2.45, 2.75) is 37.1 Å². The van der Waals surface area contributed by atoms with Crippen LogP contribution in [-0.4, -0.2) is 83.2 Å². The first-order chi connectivity index (χ1) is 13.3. The van der Waals surface area contributed by atoms with Gasteiger partial charge in [-0.25, -0.2) is 9.48 Å². The van der Waals surface area contributed by atoms with Crippen molar-refractivity contribution >= 4 is 35.5 Å². The van der Waals surface area contributed by atoms with Crippen LogP contribution in [0.25, 0.3) is 0 Å². The van der Waals surface area contributed by atoms with Gasteiger partial charge in [0, 0.05) is 25.1 Å². The number of aliphatic carboxylic acids is 1. The SMILES string of the molecule is CC(=O)N1C[C@H]2CC(CSc3nnnn3CC(N)=O)=C(C(=O)O)N3C(=O)[C@@H]1[C@@H]23.[H-].[Na+]. The Bertz CT molecular complexity index is 940. The standard InChI is InChI=1S/C15H17N7O5S.Na.H/c1-6(23)20-3-7-2-8(5-28-15-17-18-19-21(15)4-9(16)24)11(14(26)27)22-10(7)12(20)13(22)25;;/h7,10,12H,2-5H2,1H3,(H2,16,24)(H,26,27);;/q;+1;-1/t7-,10-,12+;;/m1../s1. The molecule has 3 aliphatic rings. The Morgan fingerprint density at radius 1 is 1.38 bits per heavy atom. The van der Waals surface area contributed by atoms with Crippen LogP contribution >= 0.6 is 11.8 Å². The molecule has 0 bridgehead atoms. The van der Waals surface area contributed by atoms with Gasteiger partial charge < -0.3 is 17.2 Å². The average molecular weight is 431 g/mol. The van der Waals surface area contributed by atoms with Crippen LogP contribution in [0.3, 0.4) is 0 Å². The molecule has 14 heteroatoms. The summed E-state index contributed by atoms with van der Waals surface area (Å²) < 4.78 is 1.23. The van der Waals surface area contributed by atoms with Crippen LogP contribution in [0.2, 0.25) is 0 Å². The summed E-state index contributed by atoms with van der Waals surface area (Å²) in [7, 11) is 0. The van der Waals surface area contributed by atoms with E-state index < -0.39 is 17.9 Å². The van der Waals surface area contributed by atoms with Crippen LogP contribution in [0, 0.1) is 5.92 Å². The van der Waals surface area contributed by atoms with E-state index in [4.69, 9.17) is 5.73 Å². The molecule has 4 heterocycles. The third kappa shape index (κ3) is 3.56. The summed E-state index contributed by atoms with van der Waals surface area (Å²) in [6.07, 6.45) is 0.459. The summed E-state index contributed by atoms with van der Waals surface area (Å²) in [6.45, 7) is 1.65. The molecule has 3 amide bonds. The van der Waals surface area contributed by atoms with Gasteiger partial charge in [-0.3, -0.25) is 19.3 Å². The van der Waals surface area contributed by atoms with E-state index >= 15 is 0 Å². The number of tetrazole rings is 1. The van der Waals surface area contributed by atoms with Crippen molar-refractivity contribution in [3.63, 3.8) is 0 Å². The zero-order valence-corrected chi connectivity index (χ0v) is 18.6. The molecule has 0 aromatic carbocycles. The second-order valence-electron chi connectivity index (χ2n) is 6.91. The van der Waals surface area contributed by atoms with Gasteiger partial charge in [-0.1, -0.05) is 11.8 Å². The number of carboxylic acids is 1. The number of carbonyl (C=O) groups excluding carboxylic acids is 3. The number of likely N-dealkylation sites (tertiary alicyclic amines) is 1. The molecule has 3 atom stereocenters. The number of β-lactam (4-membered cyclic amide) rings is 1. The second-order valence-corrected chi connectivity index (χ2v) is 7.85. The van der Waals surface area contributed by atoms with E-state index in [2.05, 4.69) is 15.5 Å². The zero-order valence-electron chi connectivity index (χ0n) is 16.8. The van der Waals surface area contributed by atoms with Crippen LogP contribution in [0.1, 0.15) is 14.8 Å². The third-order valence-electron chi connectivity index (χ3n) is 5.23. The number of primary amides is 1. The average Bonchev–Trinajstić information content (AvgIpc) is 3.20. The van der Waals surface area contributed by atoms with Crippen molar-refractivity contribution in [2.24, 2.45) is 11.7 Å². The summed E-state index contributed by atoms with van der Waals surface area (Å²) in [5, 5.41) is 21.0. The molecule has 0 aliphatic carbocycles. The van der Waals surface area contributed by atoms with Gasteiger partial charge in [0.25, 0.3) is 5.91 Å². The van der Waals surface area contributed by atoms with Gasteiger partial charge in [0.15, 0.2) is 0 Å². The maximum atomic E-state index is 12.6. The number of hydrogen-bond donors (Lipinski definition) is 2. The predicted octanol–water partition coefficient (Wildman–Crippen LogP) is -4.83. The van der Waals surface area contributed by atoms with E-state index in [-0.39, 0.29) is 72.8 Å². The largest absolute Gasteiger partial charge is 1.00 e. The Morgan fingerprint density at radius 2 is 2.10 bits per heavy atom. The predicted molar refractivity (Wildman–Crippen MR) is 93.4 cm³/mol. The molecular weight excluding hydrogens is 413 g/mol. The van der Waals surface area contributed by atoms with Crippen molar-refractivity contribution in [1.29, 1.82) is 0 Å². The van der Waals surface area contributed by atoms with Crippen molar-refractivity contribution in [3.05, 3.63) is 11.3 Å². The van der Waals surface area contributed by atoms with Gasteiger partial charge in [0.1, 0.15) is 18.3 Å². The maximum Gasteiger partial charge on any atom is 1.00 e. The van der Waals surface area contributed by atoms with E-state index in [0.717, 1.165) is 11.8 Å². The van der Waals surface area contributed by atoms with Gasteiger partial charge in [-0.05, 0) is 22.4 Å². The summed E-state index contributed by atoms with van der Waals surface area (Å²) in [4.78, 5) is 50.2. The summed E-state index contributed by atoms with van der Waals surface area (Å²) >= 11 is 1.16. The maximum absolute atomic E-state index is 12.6. The molecule has 2 saturated heterocycles. The minimum Gasteiger partial charge on any atom is -1.00 e. The minimum absolute atomic E-state index is 0. The van der Waals surface area contributed by atoms with Crippen LogP contribution < -0.4 is 35.3 Å². The van der Waals surface area contributed by atoms with Crippen molar-refractivity contribution in [3.8, 4) is 0 Å². The number of nitrogens with two attached hydrogens (primary N) is 1. The van der Waals surface area contributed by atoms with E-state index in [0.29, 0.717) is 23.7 Å². The van der Waals surface area contributed by atoms with E-state index in [1.165, 1.54) is 21.4 Å². The molecular formula is C15H18N7NaO5S. The number of aromatic nitrogens is 4. The Balaban J connectivity index is 0.00000160. The Hall–Kier alpha value is -1.96. The van der Waals surface area contributed by atoms with Crippen molar-refractivity contribution in [1.82, 2.24) is 30.0 Å². The molecule has 2 fully saturated rings. The van der Waals surface area contributed by atoms with Gasteiger partial charge in [-0.15, -0.1) is 5.10 Å². The second kappa shape index (κ2) is 8.05. The first-order valence-corrected chi connectivity index (χ1v) is 9.51. The van der Waals surface area contributed by atoms with Gasteiger partial charge in [0.2, 0.25) is 17.0 Å². The van der Waals surface area contributed by atoms with Gasteiger partial charge in [0.05, 0.1) is 6.04 Å². The first-order valence-electron chi connectivity index (χ1n) is 8.52. The Labute approximate surface area is 192 Å². The van der Waals surface area contributed by atoms with E-state index in [9.17, 15) is 24.3 Å². The Morgan fingerprint density at radius 3 is 2.72 bits per heavy atom. The number of hydrogen-bond acceptors (Lipinski definition) is 8. The molecule has 0 radical (unpaired) electrons. The number of carboxylic acid groups (broad SMARTS) is 1.